The average Bonchev–Trinajstić information content (AvgIpc) is 2.73. The molecule has 1 aromatic carbocycles. The summed E-state index contributed by atoms with van der Waals surface area (Å²) in [5, 5.41) is 3.36. The van der Waals surface area contributed by atoms with Crippen LogP contribution in [0.4, 0.5) is 0 Å². The Morgan fingerprint density at radius 2 is 2.11 bits per heavy atom. The third-order valence-electron chi connectivity index (χ3n) is 5.87. The van der Waals surface area contributed by atoms with Gasteiger partial charge in [-0.15, -0.1) is 0 Å². The summed E-state index contributed by atoms with van der Waals surface area (Å²) in [5.41, 5.74) is 4.69. The van der Waals surface area contributed by atoms with E-state index < -0.39 is 0 Å². The molecule has 2 aliphatic heterocycles. The second kappa shape index (κ2) is 7.77. The van der Waals surface area contributed by atoms with Crippen LogP contribution >= 0.6 is 0 Å². The lowest BCUT2D eigenvalue weighted by Gasteiger charge is -2.34. The van der Waals surface area contributed by atoms with E-state index in [-0.39, 0.29) is 17.7 Å². The number of carbonyl (C=O) groups is 1. The Kier molecular flexibility index (Phi) is 5.21. The molecule has 1 aromatic heterocycles. The molecule has 1 N–H and O–H groups in total. The lowest BCUT2D eigenvalue weighted by Crippen LogP contribution is -2.41. The van der Waals surface area contributed by atoms with Crippen molar-refractivity contribution in [3.05, 3.63) is 58.7 Å². The van der Waals surface area contributed by atoms with Crippen LogP contribution in [-0.2, 0) is 17.8 Å². The standard InChI is InChI=1S/C22H28N4O/c1-15-5-7-17(8-6-15)16(2)22(27)26-11-3-4-18(14-26)21-24-13-19-12-23-10-9-20(19)25-21/h5-8,13,16,18,23H,3-4,9-12,14H2,1-2H3/t16-,18-/m1/s1. The van der Waals surface area contributed by atoms with Crippen molar-refractivity contribution < 1.29 is 4.79 Å². The number of aromatic nitrogens is 2. The van der Waals surface area contributed by atoms with E-state index in [9.17, 15) is 4.79 Å². The molecule has 5 heteroatoms. The molecule has 1 saturated heterocycles. The highest BCUT2D eigenvalue weighted by atomic mass is 16.2. The first-order chi connectivity index (χ1) is 13.1. The Hall–Kier alpha value is -2.27. The Morgan fingerprint density at radius 1 is 1.30 bits per heavy atom. The fourth-order valence-electron chi connectivity index (χ4n) is 4.11. The number of benzene rings is 1. The van der Waals surface area contributed by atoms with E-state index in [2.05, 4.69) is 41.5 Å². The fraction of sp³-hybridized carbons (Fsp3) is 0.500. The molecule has 0 bridgehead atoms. The van der Waals surface area contributed by atoms with Crippen molar-refractivity contribution in [2.24, 2.45) is 0 Å². The number of likely N-dealkylation sites (tertiary alicyclic amines) is 1. The van der Waals surface area contributed by atoms with Gasteiger partial charge >= 0.3 is 0 Å². The first-order valence-electron chi connectivity index (χ1n) is 10.0. The molecule has 27 heavy (non-hydrogen) atoms. The van der Waals surface area contributed by atoms with E-state index in [4.69, 9.17) is 4.98 Å². The van der Waals surface area contributed by atoms with Gasteiger partial charge in [-0.25, -0.2) is 9.97 Å². The zero-order valence-electron chi connectivity index (χ0n) is 16.2. The van der Waals surface area contributed by atoms with Crippen LogP contribution in [0.15, 0.2) is 30.5 Å². The molecular weight excluding hydrogens is 336 g/mol. The van der Waals surface area contributed by atoms with Gasteiger partial charge in [0.15, 0.2) is 0 Å². The molecule has 1 amide bonds. The fourth-order valence-corrected chi connectivity index (χ4v) is 4.11. The number of carbonyl (C=O) groups excluding carboxylic acids is 1. The van der Waals surface area contributed by atoms with Gasteiger partial charge in [0.2, 0.25) is 5.91 Å². The molecule has 4 rings (SSSR count). The monoisotopic (exact) mass is 364 g/mol. The van der Waals surface area contributed by atoms with Gasteiger partial charge in [-0.1, -0.05) is 29.8 Å². The number of hydrogen-bond acceptors (Lipinski definition) is 4. The molecule has 2 atom stereocenters. The van der Waals surface area contributed by atoms with Crippen LogP contribution in [0.5, 0.6) is 0 Å². The number of nitrogens with one attached hydrogen (secondary N) is 1. The van der Waals surface area contributed by atoms with Gasteiger partial charge in [-0.2, -0.15) is 0 Å². The van der Waals surface area contributed by atoms with E-state index in [1.807, 2.05) is 18.0 Å². The molecule has 1 fully saturated rings. The molecule has 2 aliphatic rings. The molecule has 5 nitrogen and oxygen atoms in total. The van der Waals surface area contributed by atoms with Crippen LogP contribution < -0.4 is 5.32 Å². The summed E-state index contributed by atoms with van der Waals surface area (Å²) >= 11 is 0. The zero-order valence-corrected chi connectivity index (χ0v) is 16.2. The lowest BCUT2D eigenvalue weighted by atomic mass is 9.93. The highest BCUT2D eigenvalue weighted by Crippen LogP contribution is 2.28. The maximum atomic E-state index is 13.1. The Morgan fingerprint density at radius 3 is 2.93 bits per heavy atom. The number of rotatable bonds is 3. The zero-order chi connectivity index (χ0) is 18.8. The number of fused-ring (bicyclic) bond motifs is 1. The minimum atomic E-state index is -0.111. The van der Waals surface area contributed by atoms with Crippen molar-refractivity contribution in [1.29, 1.82) is 0 Å². The molecule has 2 aromatic rings. The topological polar surface area (TPSA) is 58.1 Å². The van der Waals surface area contributed by atoms with Crippen molar-refractivity contribution in [3.8, 4) is 0 Å². The third kappa shape index (κ3) is 3.88. The first kappa shape index (κ1) is 18.1. The highest BCUT2D eigenvalue weighted by Gasteiger charge is 2.30. The van der Waals surface area contributed by atoms with Crippen LogP contribution in [0.1, 0.15) is 59.8 Å². The second-order valence-electron chi connectivity index (χ2n) is 7.88. The van der Waals surface area contributed by atoms with Crippen molar-refractivity contribution in [2.75, 3.05) is 19.6 Å². The van der Waals surface area contributed by atoms with Crippen LogP contribution in [0.2, 0.25) is 0 Å². The molecule has 142 valence electrons. The highest BCUT2D eigenvalue weighted by molar-refractivity contribution is 5.83. The largest absolute Gasteiger partial charge is 0.341 e. The maximum absolute atomic E-state index is 13.1. The van der Waals surface area contributed by atoms with Crippen molar-refractivity contribution in [3.63, 3.8) is 0 Å². The van der Waals surface area contributed by atoms with Crippen molar-refractivity contribution in [2.45, 2.75) is 51.5 Å². The van der Waals surface area contributed by atoms with E-state index in [1.165, 1.54) is 16.8 Å². The number of nitrogens with zero attached hydrogens (tertiary/aromatic N) is 3. The molecule has 0 saturated carbocycles. The van der Waals surface area contributed by atoms with E-state index in [0.29, 0.717) is 0 Å². The normalized spacial score (nSPS) is 20.8. The lowest BCUT2D eigenvalue weighted by molar-refractivity contribution is -0.133. The average molecular weight is 364 g/mol. The van der Waals surface area contributed by atoms with Gasteiger partial charge in [-0.05, 0) is 32.3 Å². The van der Waals surface area contributed by atoms with Crippen LogP contribution in [0.3, 0.4) is 0 Å². The molecule has 0 spiro atoms. The van der Waals surface area contributed by atoms with Gasteiger partial charge in [0.1, 0.15) is 5.82 Å². The number of piperidine rings is 1. The maximum Gasteiger partial charge on any atom is 0.229 e. The predicted octanol–water partition coefficient (Wildman–Crippen LogP) is 2.94. The molecule has 3 heterocycles. The van der Waals surface area contributed by atoms with Gasteiger partial charge in [0, 0.05) is 56.0 Å². The smallest absolute Gasteiger partial charge is 0.229 e. The minimum absolute atomic E-state index is 0.111. The number of aryl methyl sites for hydroxylation is 1. The van der Waals surface area contributed by atoms with Gasteiger partial charge in [0.25, 0.3) is 0 Å². The molecule has 0 unspecified atom stereocenters. The van der Waals surface area contributed by atoms with E-state index >= 15 is 0 Å². The Labute approximate surface area is 161 Å². The van der Waals surface area contributed by atoms with Crippen molar-refractivity contribution in [1.82, 2.24) is 20.2 Å². The summed E-state index contributed by atoms with van der Waals surface area (Å²) in [6.07, 6.45) is 5.00. The Balaban J connectivity index is 1.47. The minimum Gasteiger partial charge on any atom is -0.341 e. The number of hydrogen-bond donors (Lipinski definition) is 1. The summed E-state index contributed by atoms with van der Waals surface area (Å²) in [6, 6.07) is 8.29. The summed E-state index contributed by atoms with van der Waals surface area (Å²) in [4.78, 5) is 24.6. The summed E-state index contributed by atoms with van der Waals surface area (Å²) in [5.74, 6) is 1.26. The van der Waals surface area contributed by atoms with Crippen molar-refractivity contribution >= 4 is 5.91 Å². The first-order valence-corrected chi connectivity index (χ1v) is 10.0. The van der Waals surface area contributed by atoms with Gasteiger partial charge < -0.3 is 10.2 Å². The van der Waals surface area contributed by atoms with Crippen LogP contribution in [-0.4, -0.2) is 40.4 Å². The Bertz CT molecular complexity index is 818. The van der Waals surface area contributed by atoms with E-state index in [0.717, 1.165) is 56.8 Å². The predicted molar refractivity (Wildman–Crippen MR) is 106 cm³/mol. The molecule has 0 radical (unpaired) electrons. The summed E-state index contributed by atoms with van der Waals surface area (Å²) in [6.45, 7) is 7.48. The van der Waals surface area contributed by atoms with Gasteiger partial charge in [0.05, 0.1) is 5.92 Å². The van der Waals surface area contributed by atoms with E-state index in [1.54, 1.807) is 0 Å². The number of amides is 1. The third-order valence-corrected chi connectivity index (χ3v) is 5.87. The van der Waals surface area contributed by atoms with Gasteiger partial charge in [-0.3, -0.25) is 4.79 Å². The molecule has 0 aliphatic carbocycles. The second-order valence-corrected chi connectivity index (χ2v) is 7.88. The summed E-state index contributed by atoms with van der Waals surface area (Å²) in [7, 11) is 0. The quantitative estimate of drug-likeness (QED) is 0.910. The summed E-state index contributed by atoms with van der Waals surface area (Å²) < 4.78 is 0. The SMILES string of the molecule is Cc1ccc([C@@H](C)C(=O)N2CCC[C@@H](c3ncc4c(n3)CCNC4)C2)cc1. The molecular formula is C22H28N4O. The van der Waals surface area contributed by atoms with Crippen LogP contribution in [0.25, 0.3) is 0 Å². The van der Waals surface area contributed by atoms with Crippen LogP contribution in [0, 0.1) is 6.92 Å².